The van der Waals surface area contributed by atoms with E-state index in [0.29, 0.717) is 0 Å². The first kappa shape index (κ1) is 88.9. The zero-order valence-electron chi connectivity index (χ0n) is 80.6. The van der Waals surface area contributed by atoms with Gasteiger partial charge in [-0.1, -0.05) is 404 Å². The number of hydrogen-bond acceptors (Lipinski definition) is 9. The van der Waals surface area contributed by atoms with Crippen molar-refractivity contribution in [2.45, 2.75) is 87.2 Å². The molecular weight excluding hydrogens is 1810 g/mol. The molecule has 0 radical (unpaired) electrons. The van der Waals surface area contributed by atoms with E-state index in [1.54, 1.807) is 11.8 Å². The molecule has 0 spiro atoms. The van der Waals surface area contributed by atoms with Crippen molar-refractivity contribution in [1.82, 2.24) is 0 Å². The molecule has 0 unspecified atom stereocenters. The third-order valence-corrected chi connectivity index (χ3v) is 32.9. The Bertz CT molecular complexity index is 7420. The molecule has 144 heavy (non-hydrogen) atoms. The van der Waals surface area contributed by atoms with Gasteiger partial charge in [-0.05, 0) is 281 Å². The van der Waals surface area contributed by atoms with Gasteiger partial charge in [0.25, 0.3) is 0 Å². The number of nitrogens with zero attached hydrogens (tertiary/aromatic N) is 3. The second kappa shape index (κ2) is 36.8. The fourth-order valence-electron chi connectivity index (χ4n) is 21.7. The van der Waals surface area contributed by atoms with Crippen molar-refractivity contribution in [2.75, 3.05) is 14.7 Å². The van der Waals surface area contributed by atoms with Crippen molar-refractivity contribution in [3.63, 3.8) is 0 Å². The highest BCUT2D eigenvalue weighted by Gasteiger charge is 2.44. The van der Waals surface area contributed by atoms with Gasteiger partial charge < -0.3 is 28.9 Å². The standard InChI is InChI=1S/C45H33NO2.C45H33NOS.C45H33NS2/c1-45(2)38-27-28-42-44(48-41-16-10-9-15-40(41)47-42)43(38)37-26-25-36(29-39(37)45)46(34-21-17-32(18-22-34)30-11-5-3-6-12-30)35-23-19-33(20-24-35)31-13-7-4-8-14-31;1-45(2)38-27-28-42-44(47-40-15-9-10-16-41(40)48-42)43(38)37-26-25-36(29-39(37)45)46(34-21-17-32(18-22-34)30-11-5-3-6-12-30)35-23-19-33(20-24-35)31-13-7-4-8-14-31;1-45(2)38-27-28-42-44(48-41-16-10-9-15-40(41)47-42)43(38)37-26-25-36(29-39(37)45)46(34-21-17-32(18-22-34)30-11-5-3-6-12-30)35-23-19-33(20-24-35)31-13-7-4-8-14-31/h3*3-29H,1-2H3. The summed E-state index contributed by atoms with van der Waals surface area (Å²) in [4.78, 5) is 14.9. The average molecular weight is 1910 g/mol. The lowest BCUT2D eigenvalue weighted by molar-refractivity contribution is 0.360. The van der Waals surface area contributed by atoms with Gasteiger partial charge in [-0.3, -0.25) is 0 Å². The van der Waals surface area contributed by atoms with Crippen LogP contribution in [-0.4, -0.2) is 0 Å². The zero-order chi connectivity index (χ0) is 96.7. The average Bonchev–Trinajstić information content (AvgIpc) is 1.56. The van der Waals surface area contributed by atoms with Gasteiger partial charge in [-0.2, -0.15) is 0 Å². The lowest BCUT2D eigenvalue weighted by atomic mass is 9.82. The Hall–Kier alpha value is -16.5. The second-order valence-corrected chi connectivity index (χ2v) is 42.2. The molecule has 0 amide bonds. The minimum Gasteiger partial charge on any atom is -0.454 e. The van der Waals surface area contributed by atoms with Crippen LogP contribution in [0.15, 0.2) is 521 Å². The van der Waals surface area contributed by atoms with E-state index >= 15 is 0 Å². The first-order valence-electron chi connectivity index (χ1n) is 49.3. The Morgan fingerprint density at radius 1 is 0.167 bits per heavy atom. The quantitative estimate of drug-likeness (QED) is 0.0998. The van der Waals surface area contributed by atoms with Gasteiger partial charge in [-0.15, -0.1) is 0 Å². The molecule has 690 valence electrons. The minimum atomic E-state index is -0.240. The predicted molar refractivity (Wildman–Crippen MR) is 601 cm³/mol. The molecule has 6 nitrogen and oxygen atoms in total. The van der Waals surface area contributed by atoms with Crippen LogP contribution in [0.3, 0.4) is 0 Å². The largest absolute Gasteiger partial charge is 0.454 e. The van der Waals surface area contributed by atoms with Gasteiger partial charge in [0.1, 0.15) is 11.5 Å². The summed E-state index contributed by atoms with van der Waals surface area (Å²) in [5.74, 6) is 4.92. The van der Waals surface area contributed by atoms with Gasteiger partial charge in [0, 0.05) is 104 Å². The Labute approximate surface area is 855 Å². The van der Waals surface area contributed by atoms with E-state index in [4.69, 9.17) is 14.2 Å². The SMILES string of the molecule is CC1(C)c2cc(N(c3ccc(-c4ccccc4)cc3)c3ccc(-c4ccccc4)cc3)ccc2-c2c1ccc1c2Oc2ccccc2O1.CC1(C)c2cc(N(c3ccc(-c4ccccc4)cc3)c3ccc(-c4ccccc4)cc3)ccc2-c2c1ccc1c2Oc2ccccc2S1.CC1(C)c2cc(N(c3ccc(-c4ccccc4)cc3)c3ccc(-c4ccccc4)cc3)ccc2-c2c1ccc1c2Sc2ccccc2S1. The summed E-state index contributed by atoms with van der Waals surface area (Å²) in [5, 5.41) is 0. The predicted octanol–water partition coefficient (Wildman–Crippen LogP) is 39.2. The van der Waals surface area contributed by atoms with Gasteiger partial charge in [0.15, 0.2) is 23.0 Å². The van der Waals surface area contributed by atoms with Crippen molar-refractivity contribution in [2.24, 2.45) is 0 Å². The molecule has 0 aromatic heterocycles. The topological polar surface area (TPSA) is 37.4 Å². The number of ether oxygens (including phenoxy) is 3. The molecular formula is C135H99N3O3S3. The van der Waals surface area contributed by atoms with Crippen LogP contribution in [0.4, 0.5) is 51.2 Å². The molecule has 27 rings (SSSR count). The highest BCUT2D eigenvalue weighted by Crippen LogP contribution is 2.64. The van der Waals surface area contributed by atoms with Crippen molar-refractivity contribution in [3.05, 3.63) is 525 Å². The van der Waals surface area contributed by atoms with Crippen LogP contribution in [0.2, 0.25) is 0 Å². The summed E-state index contributed by atoms with van der Waals surface area (Å²) in [7, 11) is 0. The van der Waals surface area contributed by atoms with Gasteiger partial charge in [0.2, 0.25) is 0 Å². The third-order valence-electron chi connectivity index (χ3n) is 29.2. The molecule has 3 aliphatic heterocycles. The number of para-hydroxylation sites is 3. The van der Waals surface area contributed by atoms with Crippen LogP contribution in [0, 0.1) is 0 Å². The summed E-state index contributed by atoms with van der Waals surface area (Å²) in [6, 6.07) is 176. The van der Waals surface area contributed by atoms with Crippen molar-refractivity contribution >= 4 is 86.5 Å². The van der Waals surface area contributed by atoms with Gasteiger partial charge in [-0.25, -0.2) is 0 Å². The molecule has 0 fully saturated rings. The van der Waals surface area contributed by atoms with E-state index in [9.17, 15) is 0 Å². The molecule has 0 bridgehead atoms. The molecule has 3 heterocycles. The fourth-order valence-corrected chi connectivity index (χ4v) is 25.1. The molecule has 0 saturated carbocycles. The number of benzene rings is 21. The van der Waals surface area contributed by atoms with Crippen LogP contribution < -0.4 is 28.9 Å². The molecule has 0 saturated heterocycles. The van der Waals surface area contributed by atoms with Crippen LogP contribution in [-0.2, 0) is 16.2 Å². The third kappa shape index (κ3) is 16.2. The maximum absolute atomic E-state index is 6.65. The lowest BCUT2D eigenvalue weighted by Crippen LogP contribution is -2.16. The molecule has 3 aliphatic carbocycles. The summed E-state index contributed by atoms with van der Waals surface area (Å²) < 4.78 is 19.5. The van der Waals surface area contributed by atoms with Crippen molar-refractivity contribution < 1.29 is 14.2 Å². The Morgan fingerprint density at radius 3 is 0.771 bits per heavy atom. The first-order valence-corrected chi connectivity index (χ1v) is 51.7. The molecule has 21 aromatic rings. The van der Waals surface area contributed by atoms with E-state index in [-0.39, 0.29) is 16.2 Å². The minimum absolute atomic E-state index is 0.127. The molecule has 21 aromatic carbocycles. The van der Waals surface area contributed by atoms with E-state index in [2.05, 4.69) is 511 Å². The van der Waals surface area contributed by atoms with E-state index in [0.717, 1.165) is 96.1 Å². The maximum Gasteiger partial charge on any atom is 0.178 e. The Balaban J connectivity index is 0.000000113. The number of anilines is 9. The summed E-state index contributed by atoms with van der Waals surface area (Å²) in [6.45, 7) is 14.1. The van der Waals surface area contributed by atoms with Crippen molar-refractivity contribution in [1.29, 1.82) is 0 Å². The molecule has 9 heteroatoms. The summed E-state index contributed by atoms with van der Waals surface area (Å²) >= 11 is 5.61. The molecule has 0 atom stereocenters. The number of hydrogen-bond donors (Lipinski definition) is 0. The fraction of sp³-hybridized carbons (Fsp3) is 0.0667. The lowest BCUT2D eigenvalue weighted by Gasteiger charge is -2.28. The molecule has 6 aliphatic rings. The summed E-state index contributed by atoms with van der Waals surface area (Å²) in [6.07, 6.45) is 0. The van der Waals surface area contributed by atoms with Crippen LogP contribution in [0.1, 0.15) is 74.9 Å². The highest BCUT2D eigenvalue weighted by molar-refractivity contribution is 8.05. The zero-order valence-corrected chi connectivity index (χ0v) is 83.0. The van der Waals surface area contributed by atoms with Crippen molar-refractivity contribution in [3.8, 4) is 135 Å². The summed E-state index contributed by atoms with van der Waals surface area (Å²) in [5.41, 5.74) is 39.4. The van der Waals surface area contributed by atoms with Crippen LogP contribution in [0.5, 0.6) is 34.5 Å². The molecule has 0 N–H and O–H groups in total. The van der Waals surface area contributed by atoms with Crippen LogP contribution >= 0.6 is 35.3 Å². The normalized spacial score (nSPS) is 13.5. The smallest absolute Gasteiger partial charge is 0.178 e. The van der Waals surface area contributed by atoms with Gasteiger partial charge in [0.05, 0.1) is 9.79 Å². The van der Waals surface area contributed by atoms with E-state index in [1.165, 1.54) is 152 Å². The highest BCUT2D eigenvalue weighted by atomic mass is 32.2. The van der Waals surface area contributed by atoms with Crippen LogP contribution in [0.25, 0.3) is 100 Å². The maximum atomic E-state index is 6.65. The number of fused-ring (bicyclic) bond motifs is 18. The number of rotatable bonds is 15. The van der Waals surface area contributed by atoms with E-state index in [1.807, 2.05) is 59.9 Å². The Kier molecular flexibility index (Phi) is 22.7. The van der Waals surface area contributed by atoms with Gasteiger partial charge >= 0.3 is 0 Å². The monoisotopic (exact) mass is 1910 g/mol. The second-order valence-electron chi connectivity index (χ2n) is 38.9. The first-order chi connectivity index (χ1) is 70.6. The Morgan fingerprint density at radius 2 is 0.417 bits per heavy atom. The van der Waals surface area contributed by atoms with E-state index < -0.39 is 0 Å².